The number of carbonyl (C=O) groups excluding carboxylic acids is 1. The minimum absolute atomic E-state index is 0.128. The molecule has 10 heteroatoms. The molecule has 5 rings (SSSR count). The Bertz CT molecular complexity index is 1760. The average Bonchev–Trinajstić information content (AvgIpc) is 3.42. The first-order valence-corrected chi connectivity index (χ1v) is 16.1. The Morgan fingerprint density at radius 1 is 1.15 bits per heavy atom. The minimum Gasteiger partial charge on any atom is -0.507 e. The zero-order chi connectivity index (χ0) is 34.1. The molecule has 2 aromatic heterocycles. The van der Waals surface area contributed by atoms with Crippen LogP contribution in [0.4, 0.5) is 10.2 Å². The second-order valence-corrected chi connectivity index (χ2v) is 13.4. The number of piperidine rings is 1. The van der Waals surface area contributed by atoms with E-state index < -0.39 is 23.5 Å². The monoisotopic (exact) mass is 644 g/mol. The van der Waals surface area contributed by atoms with Gasteiger partial charge in [-0.3, -0.25) is 0 Å². The third kappa shape index (κ3) is 7.34. The molecule has 1 aliphatic rings. The van der Waals surface area contributed by atoms with Crippen molar-refractivity contribution in [1.29, 1.82) is 0 Å². The van der Waals surface area contributed by atoms with E-state index >= 15 is 4.39 Å². The smallest absolute Gasteiger partial charge is 0.340 e. The molecule has 0 bridgehead atoms. The number of aryl methyl sites for hydroxylation is 2. The number of carbonyl (C=O) groups is 1. The highest BCUT2D eigenvalue weighted by atomic mass is 19.1. The standard InChI is InChI=1S/C37H45FN4O5/c1-9-18-46-37(8)14-16-41(17-15-37)34-31(33(35(44)45-10-2)47-36(5,6)7)24(4)39-30-22-28(40-42(30)34)25-12-11-13-26(21-25)32-27(38)19-23(3)20-29(32)43/h9,11-13,19-22,33,43H,1,10,14-18H2,2-8H3/t33-/m0/s1. The molecule has 3 heterocycles. The number of hydrogen-bond donors (Lipinski definition) is 1. The van der Waals surface area contributed by atoms with Gasteiger partial charge in [0.2, 0.25) is 0 Å². The van der Waals surface area contributed by atoms with E-state index in [2.05, 4.69) is 18.4 Å². The summed E-state index contributed by atoms with van der Waals surface area (Å²) in [5.41, 5.74) is 3.42. The van der Waals surface area contributed by atoms with Gasteiger partial charge in [0.25, 0.3) is 0 Å². The van der Waals surface area contributed by atoms with Crippen molar-refractivity contribution in [1.82, 2.24) is 14.6 Å². The summed E-state index contributed by atoms with van der Waals surface area (Å²) in [5.74, 6) is -0.428. The number of nitrogens with zero attached hydrogens (tertiary/aromatic N) is 4. The number of phenolic OH excluding ortho intramolecular Hbond substituents is 1. The van der Waals surface area contributed by atoms with Crippen LogP contribution in [0.2, 0.25) is 0 Å². The SMILES string of the molecule is C=CCOC1(C)CCN(c2c([C@H](OC(C)(C)C)C(=O)OCC)c(C)nc3cc(-c4cccc(-c5c(O)cc(C)cc5F)c4)nn23)CC1. The van der Waals surface area contributed by atoms with Crippen LogP contribution in [0.25, 0.3) is 28.0 Å². The molecular formula is C37H45FN4O5. The van der Waals surface area contributed by atoms with E-state index in [0.717, 1.165) is 18.4 Å². The fraction of sp³-hybridized carbons (Fsp3) is 0.432. The molecule has 1 saturated heterocycles. The van der Waals surface area contributed by atoms with Crippen molar-refractivity contribution < 1.29 is 28.5 Å². The fourth-order valence-electron chi connectivity index (χ4n) is 6.10. The van der Waals surface area contributed by atoms with Crippen molar-refractivity contribution in [2.75, 3.05) is 31.2 Å². The van der Waals surface area contributed by atoms with Gasteiger partial charge >= 0.3 is 5.97 Å². The first kappa shape index (κ1) is 34.1. The van der Waals surface area contributed by atoms with Crippen molar-refractivity contribution in [3.63, 3.8) is 0 Å². The van der Waals surface area contributed by atoms with Crippen LogP contribution < -0.4 is 4.90 Å². The van der Waals surface area contributed by atoms with Crippen LogP contribution in [0.5, 0.6) is 5.75 Å². The zero-order valence-electron chi connectivity index (χ0n) is 28.4. The Morgan fingerprint density at radius 3 is 2.49 bits per heavy atom. The van der Waals surface area contributed by atoms with Crippen molar-refractivity contribution >= 4 is 17.4 Å². The third-order valence-corrected chi connectivity index (χ3v) is 8.37. The highest BCUT2D eigenvalue weighted by Gasteiger charge is 2.38. The normalized spacial score (nSPS) is 15.5. The Labute approximate surface area is 276 Å². The van der Waals surface area contributed by atoms with Gasteiger partial charge in [-0.1, -0.05) is 24.3 Å². The largest absolute Gasteiger partial charge is 0.507 e. The molecule has 2 aromatic carbocycles. The van der Waals surface area contributed by atoms with Gasteiger partial charge in [-0.15, -0.1) is 6.58 Å². The molecular weight excluding hydrogens is 599 g/mol. The number of esters is 1. The van der Waals surface area contributed by atoms with Crippen molar-refractivity contribution in [2.24, 2.45) is 0 Å². The van der Waals surface area contributed by atoms with Crippen LogP contribution in [-0.4, -0.2) is 63.2 Å². The molecule has 250 valence electrons. The highest BCUT2D eigenvalue weighted by molar-refractivity contribution is 5.81. The van der Waals surface area contributed by atoms with E-state index in [1.807, 2.05) is 39.8 Å². The van der Waals surface area contributed by atoms with Gasteiger partial charge in [0.15, 0.2) is 11.8 Å². The van der Waals surface area contributed by atoms with E-state index in [9.17, 15) is 9.90 Å². The van der Waals surface area contributed by atoms with Crippen molar-refractivity contribution in [3.05, 3.63) is 77.8 Å². The Kier molecular flexibility index (Phi) is 9.75. The number of phenols is 1. The minimum atomic E-state index is -1.05. The van der Waals surface area contributed by atoms with Crippen LogP contribution in [0.1, 0.15) is 70.4 Å². The molecule has 0 saturated carbocycles. The van der Waals surface area contributed by atoms with Gasteiger partial charge in [-0.2, -0.15) is 9.61 Å². The topological polar surface area (TPSA) is 98.4 Å². The maximum absolute atomic E-state index is 15.0. The van der Waals surface area contributed by atoms with Gasteiger partial charge in [-0.25, -0.2) is 14.2 Å². The van der Waals surface area contributed by atoms with Gasteiger partial charge in [-0.05, 0) is 90.6 Å². The van der Waals surface area contributed by atoms with E-state index in [1.165, 1.54) is 6.07 Å². The molecule has 4 aromatic rings. The van der Waals surface area contributed by atoms with Crippen LogP contribution in [0.15, 0.2) is 55.1 Å². The molecule has 0 spiro atoms. The lowest BCUT2D eigenvalue weighted by Crippen LogP contribution is -2.45. The Hall–Kier alpha value is -4.28. The lowest BCUT2D eigenvalue weighted by atomic mass is 9.92. The molecule has 1 N–H and O–H groups in total. The molecule has 0 amide bonds. The molecule has 1 atom stereocenters. The first-order chi connectivity index (χ1) is 22.2. The predicted molar refractivity (Wildman–Crippen MR) is 181 cm³/mol. The average molecular weight is 645 g/mol. The van der Waals surface area contributed by atoms with E-state index in [0.29, 0.717) is 59.2 Å². The summed E-state index contributed by atoms with van der Waals surface area (Å²) in [6.07, 6.45) is 2.20. The van der Waals surface area contributed by atoms with Crippen molar-refractivity contribution in [3.8, 4) is 28.1 Å². The lowest BCUT2D eigenvalue weighted by molar-refractivity contribution is -0.166. The molecule has 0 aliphatic carbocycles. The summed E-state index contributed by atoms with van der Waals surface area (Å²) < 4.78 is 34.9. The lowest BCUT2D eigenvalue weighted by Gasteiger charge is -2.41. The zero-order valence-corrected chi connectivity index (χ0v) is 28.4. The van der Waals surface area contributed by atoms with Gasteiger partial charge in [0, 0.05) is 30.4 Å². The number of fused-ring (bicyclic) bond motifs is 1. The maximum Gasteiger partial charge on any atom is 0.340 e. The summed E-state index contributed by atoms with van der Waals surface area (Å²) in [6.45, 7) is 18.9. The van der Waals surface area contributed by atoms with Gasteiger partial charge in [0.1, 0.15) is 17.4 Å². The van der Waals surface area contributed by atoms with Crippen LogP contribution in [0, 0.1) is 19.7 Å². The van der Waals surface area contributed by atoms with E-state index in [4.69, 9.17) is 24.3 Å². The summed E-state index contributed by atoms with van der Waals surface area (Å²) >= 11 is 0. The molecule has 47 heavy (non-hydrogen) atoms. The number of hydrogen-bond acceptors (Lipinski definition) is 8. The Balaban J connectivity index is 1.67. The predicted octanol–water partition coefficient (Wildman–Crippen LogP) is 7.51. The fourth-order valence-corrected chi connectivity index (χ4v) is 6.10. The van der Waals surface area contributed by atoms with Gasteiger partial charge < -0.3 is 24.2 Å². The second kappa shape index (κ2) is 13.4. The highest BCUT2D eigenvalue weighted by Crippen LogP contribution is 2.40. The van der Waals surface area contributed by atoms with Crippen LogP contribution in [-0.2, 0) is 19.0 Å². The quantitative estimate of drug-likeness (QED) is 0.140. The number of aromatic hydroxyl groups is 1. The first-order valence-electron chi connectivity index (χ1n) is 16.1. The van der Waals surface area contributed by atoms with Crippen LogP contribution in [0.3, 0.4) is 0 Å². The summed E-state index contributed by atoms with van der Waals surface area (Å²) in [6, 6.07) is 12.1. The van der Waals surface area contributed by atoms with E-state index in [-0.39, 0.29) is 23.5 Å². The number of ether oxygens (including phenoxy) is 3. The molecule has 9 nitrogen and oxygen atoms in total. The van der Waals surface area contributed by atoms with Crippen molar-refractivity contribution in [2.45, 2.75) is 78.6 Å². The number of aromatic nitrogens is 3. The third-order valence-electron chi connectivity index (χ3n) is 8.37. The summed E-state index contributed by atoms with van der Waals surface area (Å²) in [5, 5.41) is 15.6. The molecule has 1 fully saturated rings. The summed E-state index contributed by atoms with van der Waals surface area (Å²) in [7, 11) is 0. The Morgan fingerprint density at radius 2 is 1.85 bits per heavy atom. The maximum atomic E-state index is 15.0. The molecule has 0 radical (unpaired) electrons. The second-order valence-electron chi connectivity index (χ2n) is 13.4. The number of halogens is 1. The number of rotatable bonds is 10. The summed E-state index contributed by atoms with van der Waals surface area (Å²) in [4.78, 5) is 20.7. The van der Waals surface area contributed by atoms with E-state index in [1.54, 1.807) is 48.7 Å². The molecule has 1 aliphatic heterocycles. The molecule has 0 unspecified atom stereocenters. The van der Waals surface area contributed by atoms with Gasteiger partial charge in [0.05, 0.1) is 41.2 Å². The number of anilines is 1. The number of benzene rings is 2. The van der Waals surface area contributed by atoms with Crippen LogP contribution >= 0.6 is 0 Å².